The van der Waals surface area contributed by atoms with E-state index in [2.05, 4.69) is 10.3 Å². The number of likely N-dealkylation sites (N-methyl/N-ethyl adjacent to an activating group) is 1. The Morgan fingerprint density at radius 3 is 3.00 bits per heavy atom. The van der Waals surface area contributed by atoms with Crippen LogP contribution in [0.2, 0.25) is 0 Å². The van der Waals surface area contributed by atoms with Crippen LogP contribution < -0.4 is 11.3 Å². The van der Waals surface area contributed by atoms with Crippen LogP contribution in [0.5, 0.6) is 0 Å². The Hall–Kier alpha value is -1.55. The highest BCUT2D eigenvalue weighted by Crippen LogP contribution is 2.21. The van der Waals surface area contributed by atoms with Gasteiger partial charge in [0, 0.05) is 39.1 Å². The summed E-state index contributed by atoms with van der Waals surface area (Å²) in [6.07, 6.45) is 2.85. The second-order valence-corrected chi connectivity index (χ2v) is 5.41. The van der Waals surface area contributed by atoms with Gasteiger partial charge in [0.2, 0.25) is 0 Å². The monoisotopic (exact) mass is 298 g/mol. The topological polar surface area (TPSA) is 119 Å². The summed E-state index contributed by atoms with van der Waals surface area (Å²) in [7, 11) is 1.94. The number of hydrazine groups is 1. The third-order valence-corrected chi connectivity index (χ3v) is 3.60. The predicted molar refractivity (Wildman–Crippen MR) is 74.2 cm³/mol. The Balaban J connectivity index is 1.79. The van der Waals surface area contributed by atoms with E-state index in [9.17, 15) is 9.90 Å². The van der Waals surface area contributed by atoms with Crippen molar-refractivity contribution in [1.29, 1.82) is 0 Å². The lowest BCUT2D eigenvalue weighted by atomic mass is 9.94. The molecular weight excluding hydrogens is 276 g/mol. The number of rotatable bonds is 6. The fraction of sp³-hybridized carbons (Fsp3) is 0.750. The maximum absolute atomic E-state index is 11.3. The third-order valence-electron chi connectivity index (χ3n) is 3.60. The lowest BCUT2D eigenvalue weighted by molar-refractivity contribution is -0.0771. The van der Waals surface area contributed by atoms with Crippen molar-refractivity contribution in [2.75, 3.05) is 33.4 Å². The van der Waals surface area contributed by atoms with Gasteiger partial charge in [-0.1, -0.05) is 5.21 Å². The lowest BCUT2D eigenvalue weighted by Gasteiger charge is -2.35. The second-order valence-electron chi connectivity index (χ2n) is 5.41. The largest absolute Gasteiger partial charge is 0.388 e. The van der Waals surface area contributed by atoms with Gasteiger partial charge < -0.3 is 14.7 Å². The first-order chi connectivity index (χ1) is 10.0. The van der Waals surface area contributed by atoms with Crippen molar-refractivity contribution < 1.29 is 14.6 Å². The number of aromatic nitrogens is 3. The van der Waals surface area contributed by atoms with E-state index in [0.717, 1.165) is 0 Å². The number of nitrogens with two attached hydrogens (primary N) is 1. The highest BCUT2D eigenvalue weighted by molar-refractivity contribution is 5.91. The van der Waals surface area contributed by atoms with Gasteiger partial charge in [0.15, 0.2) is 5.69 Å². The highest BCUT2D eigenvalue weighted by atomic mass is 16.5. The minimum atomic E-state index is -0.681. The van der Waals surface area contributed by atoms with Crippen molar-refractivity contribution in [3.8, 4) is 0 Å². The molecule has 4 N–H and O–H groups in total. The fourth-order valence-electron chi connectivity index (χ4n) is 2.35. The number of hydrogen-bond acceptors (Lipinski definition) is 7. The number of nitrogen functional groups attached to an aromatic ring is 1. The van der Waals surface area contributed by atoms with Crippen LogP contribution in [-0.4, -0.2) is 69.9 Å². The predicted octanol–water partition coefficient (Wildman–Crippen LogP) is -1.65. The van der Waals surface area contributed by atoms with E-state index in [4.69, 9.17) is 10.6 Å². The van der Waals surface area contributed by atoms with Crippen LogP contribution >= 0.6 is 0 Å². The van der Waals surface area contributed by atoms with Gasteiger partial charge in [-0.15, -0.1) is 5.10 Å². The van der Waals surface area contributed by atoms with Crippen LogP contribution in [0, 0.1) is 0 Å². The second kappa shape index (κ2) is 6.94. The molecule has 1 fully saturated rings. The van der Waals surface area contributed by atoms with Gasteiger partial charge in [-0.05, 0) is 7.05 Å². The first-order valence-corrected chi connectivity index (χ1v) is 6.92. The molecule has 0 aromatic carbocycles. The van der Waals surface area contributed by atoms with Crippen molar-refractivity contribution in [3.05, 3.63) is 11.9 Å². The van der Waals surface area contributed by atoms with Gasteiger partial charge in [0.25, 0.3) is 5.91 Å². The molecule has 9 nitrogen and oxygen atoms in total. The number of nitrogens with zero attached hydrogens (tertiary/aromatic N) is 4. The van der Waals surface area contributed by atoms with Gasteiger partial charge in [-0.2, -0.15) is 0 Å². The first-order valence-electron chi connectivity index (χ1n) is 6.92. The van der Waals surface area contributed by atoms with E-state index >= 15 is 0 Å². The molecule has 0 atom stereocenters. The Morgan fingerprint density at radius 2 is 2.33 bits per heavy atom. The molecule has 2 rings (SSSR count). The average Bonchev–Trinajstić information content (AvgIpc) is 2.93. The van der Waals surface area contributed by atoms with Crippen LogP contribution in [0.15, 0.2) is 6.20 Å². The Kier molecular flexibility index (Phi) is 5.23. The standard InChI is InChI=1S/C12H22N6O3/c1-17(9-12(20)2-6-21-7-3-12)4-5-18-8-10(15-16-18)11(19)14-13/h8,20H,2-7,9,13H2,1H3,(H,14,19). The summed E-state index contributed by atoms with van der Waals surface area (Å²) in [6.45, 7) is 3.06. The summed E-state index contributed by atoms with van der Waals surface area (Å²) in [5.74, 6) is 4.56. The Bertz CT molecular complexity index is 471. The van der Waals surface area contributed by atoms with Crippen LogP contribution in [0.25, 0.3) is 0 Å². The van der Waals surface area contributed by atoms with Gasteiger partial charge >= 0.3 is 0 Å². The molecule has 1 aromatic heterocycles. The number of nitrogens with one attached hydrogen (secondary N) is 1. The number of carbonyl (C=O) groups is 1. The molecule has 9 heteroatoms. The molecule has 21 heavy (non-hydrogen) atoms. The normalized spacial score (nSPS) is 17.9. The van der Waals surface area contributed by atoms with Crippen LogP contribution in [0.3, 0.4) is 0 Å². The van der Waals surface area contributed by atoms with Gasteiger partial charge in [0.1, 0.15) is 0 Å². The number of hydrogen-bond donors (Lipinski definition) is 3. The highest BCUT2D eigenvalue weighted by Gasteiger charge is 2.30. The lowest BCUT2D eigenvalue weighted by Crippen LogP contribution is -2.46. The minimum Gasteiger partial charge on any atom is -0.388 e. The molecule has 0 bridgehead atoms. The van der Waals surface area contributed by atoms with E-state index in [1.165, 1.54) is 0 Å². The summed E-state index contributed by atoms with van der Waals surface area (Å²) in [5.41, 5.74) is 1.51. The van der Waals surface area contributed by atoms with E-state index in [0.29, 0.717) is 45.7 Å². The van der Waals surface area contributed by atoms with Crippen LogP contribution in [0.4, 0.5) is 0 Å². The molecule has 0 radical (unpaired) electrons. The Labute approximate surface area is 123 Å². The van der Waals surface area contributed by atoms with Crippen molar-refractivity contribution in [2.45, 2.75) is 25.0 Å². The van der Waals surface area contributed by atoms with E-state index in [-0.39, 0.29) is 5.69 Å². The molecule has 1 saturated heterocycles. The number of aliphatic hydroxyl groups is 1. The summed E-state index contributed by atoms with van der Waals surface area (Å²) in [4.78, 5) is 13.3. The maximum Gasteiger partial charge on any atom is 0.287 e. The Morgan fingerprint density at radius 1 is 1.62 bits per heavy atom. The smallest absolute Gasteiger partial charge is 0.287 e. The van der Waals surface area contributed by atoms with E-state index in [1.54, 1.807) is 10.9 Å². The first kappa shape index (κ1) is 15.8. The fourth-order valence-corrected chi connectivity index (χ4v) is 2.35. The van der Waals surface area contributed by atoms with Crippen LogP contribution in [-0.2, 0) is 11.3 Å². The molecule has 0 aliphatic carbocycles. The quantitative estimate of drug-likeness (QED) is 0.327. The molecule has 0 unspecified atom stereocenters. The summed E-state index contributed by atoms with van der Waals surface area (Å²) >= 11 is 0. The zero-order valence-electron chi connectivity index (χ0n) is 12.2. The van der Waals surface area contributed by atoms with Crippen molar-refractivity contribution in [2.24, 2.45) is 5.84 Å². The van der Waals surface area contributed by atoms with Gasteiger partial charge in [-0.3, -0.25) is 14.9 Å². The van der Waals surface area contributed by atoms with Gasteiger partial charge in [-0.25, -0.2) is 5.84 Å². The van der Waals surface area contributed by atoms with Crippen molar-refractivity contribution in [1.82, 2.24) is 25.3 Å². The molecule has 118 valence electrons. The number of ether oxygens (including phenoxy) is 1. The SMILES string of the molecule is CN(CCn1cc(C(=O)NN)nn1)CC1(O)CCOCC1. The molecule has 0 saturated carbocycles. The molecule has 1 aromatic rings. The summed E-state index contributed by atoms with van der Waals surface area (Å²) in [6, 6.07) is 0. The number of carbonyl (C=O) groups excluding carboxylic acids is 1. The van der Waals surface area contributed by atoms with E-state index in [1.807, 2.05) is 17.4 Å². The molecule has 0 spiro atoms. The average molecular weight is 298 g/mol. The van der Waals surface area contributed by atoms with E-state index < -0.39 is 11.5 Å². The third kappa shape index (κ3) is 4.46. The zero-order valence-corrected chi connectivity index (χ0v) is 12.2. The minimum absolute atomic E-state index is 0.184. The molecule has 1 aliphatic heterocycles. The zero-order chi connectivity index (χ0) is 15.3. The summed E-state index contributed by atoms with van der Waals surface area (Å²) < 4.78 is 6.84. The van der Waals surface area contributed by atoms with Crippen molar-refractivity contribution >= 4 is 5.91 Å². The summed E-state index contributed by atoms with van der Waals surface area (Å²) in [5, 5.41) is 18.0. The molecule has 1 amide bonds. The van der Waals surface area contributed by atoms with Gasteiger partial charge in [0.05, 0.1) is 18.3 Å². The van der Waals surface area contributed by atoms with Crippen LogP contribution in [0.1, 0.15) is 23.3 Å². The van der Waals surface area contributed by atoms with Crippen molar-refractivity contribution in [3.63, 3.8) is 0 Å². The maximum atomic E-state index is 11.3. The molecule has 2 heterocycles. The molecule has 1 aliphatic rings. The number of amides is 1. The molecular formula is C12H22N6O3.